The zero-order valence-corrected chi connectivity index (χ0v) is 24.9. The molecule has 1 aliphatic heterocycles. The summed E-state index contributed by atoms with van der Waals surface area (Å²) >= 11 is 10.1. The van der Waals surface area contributed by atoms with Gasteiger partial charge in [-0.1, -0.05) is 54.1 Å². The maximum absolute atomic E-state index is 13.3. The first-order valence-electron chi connectivity index (χ1n) is 12.0. The first-order chi connectivity index (χ1) is 19.2. The van der Waals surface area contributed by atoms with Crippen LogP contribution in [0.2, 0.25) is 5.02 Å². The molecule has 0 unspecified atom stereocenters. The van der Waals surface area contributed by atoms with Crippen LogP contribution in [0.5, 0.6) is 11.5 Å². The largest absolute Gasteiger partial charge is 0.490 e. The number of thioether (sulfide) groups is 1. The van der Waals surface area contributed by atoms with Gasteiger partial charge in [-0.25, -0.2) is 0 Å². The van der Waals surface area contributed by atoms with Crippen LogP contribution >= 0.6 is 39.3 Å². The van der Waals surface area contributed by atoms with Crippen molar-refractivity contribution in [3.8, 4) is 11.5 Å². The fourth-order valence-electron chi connectivity index (χ4n) is 4.16. The highest BCUT2D eigenvalue weighted by Gasteiger charge is 2.35. The second-order valence-electron chi connectivity index (χ2n) is 8.66. The summed E-state index contributed by atoms with van der Waals surface area (Å²) in [6.07, 6.45) is 1.57. The molecule has 1 fully saturated rings. The third kappa shape index (κ3) is 5.90. The van der Waals surface area contributed by atoms with Gasteiger partial charge in [-0.05, 0) is 99.0 Å². The third-order valence-corrected chi connectivity index (χ3v) is 8.99. The molecule has 1 aliphatic rings. The van der Waals surface area contributed by atoms with Crippen molar-refractivity contribution >= 4 is 77.4 Å². The molecule has 0 N–H and O–H groups in total. The van der Waals surface area contributed by atoms with Crippen LogP contribution < -0.4 is 8.92 Å². The fraction of sp³-hybridized carbons (Fsp3) is 0.103. The van der Waals surface area contributed by atoms with Crippen LogP contribution in [-0.2, 0) is 21.5 Å². The third-order valence-electron chi connectivity index (χ3n) is 6.01. The number of ether oxygens (including phenoxy) is 1. The predicted octanol–water partition coefficient (Wildman–Crippen LogP) is 7.66. The molecule has 4 aromatic carbocycles. The summed E-state index contributed by atoms with van der Waals surface area (Å²) in [7, 11) is -4.19. The number of fused-ring (bicyclic) bond motifs is 1. The number of halogens is 2. The van der Waals surface area contributed by atoms with Crippen LogP contribution in [0.3, 0.4) is 0 Å². The van der Waals surface area contributed by atoms with Crippen molar-refractivity contribution in [2.24, 2.45) is 0 Å². The molecule has 0 saturated carbocycles. The molecule has 0 aliphatic carbocycles. The molecule has 0 atom stereocenters. The first kappa shape index (κ1) is 28.2. The van der Waals surface area contributed by atoms with E-state index in [1.807, 2.05) is 42.5 Å². The van der Waals surface area contributed by atoms with Crippen LogP contribution in [0.15, 0.2) is 93.1 Å². The second-order valence-corrected chi connectivity index (χ2v) is 12.5. The number of carbonyl (C=O) groups is 2. The molecule has 0 radical (unpaired) electrons. The summed E-state index contributed by atoms with van der Waals surface area (Å²) in [5.74, 6) is -0.309. The molecule has 7 nitrogen and oxygen atoms in total. The molecule has 5 rings (SSSR count). The van der Waals surface area contributed by atoms with Gasteiger partial charge in [-0.2, -0.15) is 8.42 Å². The quantitative estimate of drug-likeness (QED) is 0.142. The molecule has 11 heteroatoms. The Bertz CT molecular complexity index is 1770. The van der Waals surface area contributed by atoms with Gasteiger partial charge >= 0.3 is 10.1 Å². The highest BCUT2D eigenvalue weighted by Crippen LogP contribution is 2.41. The van der Waals surface area contributed by atoms with Gasteiger partial charge in [-0.15, -0.1) is 0 Å². The van der Waals surface area contributed by atoms with E-state index in [9.17, 15) is 18.0 Å². The van der Waals surface area contributed by atoms with Gasteiger partial charge in [0.05, 0.1) is 22.5 Å². The summed E-state index contributed by atoms with van der Waals surface area (Å²) in [6.45, 7) is 2.12. The normalized spacial score (nSPS) is 14.8. The maximum Gasteiger partial charge on any atom is 0.339 e. The Kier molecular flexibility index (Phi) is 8.23. The lowest BCUT2D eigenvalue weighted by Crippen LogP contribution is -2.27. The number of rotatable bonds is 8. The molecule has 1 heterocycles. The predicted molar refractivity (Wildman–Crippen MR) is 160 cm³/mol. The van der Waals surface area contributed by atoms with E-state index < -0.39 is 16.0 Å². The fourth-order valence-corrected chi connectivity index (χ4v) is 6.73. The van der Waals surface area contributed by atoms with E-state index in [0.717, 1.165) is 28.1 Å². The second kappa shape index (κ2) is 11.7. The number of imide groups is 1. The van der Waals surface area contributed by atoms with E-state index in [1.54, 1.807) is 25.1 Å². The van der Waals surface area contributed by atoms with E-state index in [1.165, 1.54) is 29.2 Å². The van der Waals surface area contributed by atoms with Gasteiger partial charge in [0.2, 0.25) is 0 Å². The van der Waals surface area contributed by atoms with E-state index in [4.69, 9.17) is 20.5 Å². The van der Waals surface area contributed by atoms with E-state index in [0.29, 0.717) is 10.6 Å². The average molecular weight is 659 g/mol. The molecule has 0 bridgehead atoms. The van der Waals surface area contributed by atoms with Crippen molar-refractivity contribution in [1.29, 1.82) is 0 Å². The Morgan fingerprint density at radius 2 is 1.73 bits per heavy atom. The van der Waals surface area contributed by atoms with Gasteiger partial charge in [0.25, 0.3) is 11.1 Å². The first-order valence-corrected chi connectivity index (χ1v) is 15.4. The number of hydrogen-bond donors (Lipinski definition) is 0. The summed E-state index contributed by atoms with van der Waals surface area (Å²) < 4.78 is 37.2. The summed E-state index contributed by atoms with van der Waals surface area (Å²) in [4.78, 5) is 27.5. The number of benzene rings is 4. The van der Waals surface area contributed by atoms with E-state index in [2.05, 4.69) is 15.9 Å². The Morgan fingerprint density at radius 3 is 2.48 bits per heavy atom. The lowest BCUT2D eigenvalue weighted by molar-refractivity contribution is -0.123. The molecule has 4 aromatic rings. The zero-order chi connectivity index (χ0) is 28.4. The van der Waals surface area contributed by atoms with Crippen LogP contribution in [0.25, 0.3) is 16.8 Å². The SMILES string of the molecule is CCOc1cc(/C=C2\SC(=O)N(Cc3cccc4ccccc34)C2=O)cc(Br)c1OS(=O)(=O)c1ccc(Cl)cc1. The lowest BCUT2D eigenvalue weighted by atomic mass is 10.0. The molecular formula is C29H21BrClNO6S2. The smallest absolute Gasteiger partial charge is 0.339 e. The minimum Gasteiger partial charge on any atom is -0.490 e. The Labute approximate surface area is 249 Å². The van der Waals surface area contributed by atoms with Crippen molar-refractivity contribution in [2.75, 3.05) is 6.61 Å². The van der Waals surface area contributed by atoms with E-state index in [-0.39, 0.29) is 44.2 Å². The highest BCUT2D eigenvalue weighted by atomic mass is 79.9. The summed E-state index contributed by atoms with van der Waals surface area (Å²) in [5, 5.41) is 2.02. The van der Waals surface area contributed by atoms with Crippen LogP contribution in [-0.4, -0.2) is 31.1 Å². The topological polar surface area (TPSA) is 90.0 Å². The molecule has 0 aromatic heterocycles. The standard InChI is InChI=1S/C29H21BrClNO6S2/c1-2-37-25-15-18(14-24(30)27(25)38-40(35,36)22-12-10-21(31)11-13-22)16-26-28(33)32(29(34)39-26)17-20-8-5-7-19-6-3-4-9-23(19)20/h3-16H,2,17H2,1H3/b26-16-. The molecule has 40 heavy (non-hydrogen) atoms. The number of hydrogen-bond acceptors (Lipinski definition) is 7. The van der Waals surface area contributed by atoms with Crippen molar-refractivity contribution in [3.05, 3.63) is 104 Å². The molecule has 2 amide bonds. The van der Waals surface area contributed by atoms with Crippen molar-refractivity contribution < 1.29 is 26.9 Å². The number of amides is 2. The van der Waals surface area contributed by atoms with E-state index >= 15 is 0 Å². The maximum atomic E-state index is 13.3. The van der Waals surface area contributed by atoms with Crippen molar-refractivity contribution in [2.45, 2.75) is 18.4 Å². The molecular weight excluding hydrogens is 638 g/mol. The van der Waals surface area contributed by atoms with Gasteiger partial charge in [0.1, 0.15) is 4.90 Å². The number of nitrogens with zero attached hydrogens (tertiary/aromatic N) is 1. The van der Waals surface area contributed by atoms with Crippen LogP contribution in [0.4, 0.5) is 4.79 Å². The van der Waals surface area contributed by atoms with Gasteiger partial charge in [0, 0.05) is 5.02 Å². The summed E-state index contributed by atoms with van der Waals surface area (Å²) in [5.41, 5.74) is 1.38. The number of carbonyl (C=O) groups excluding carboxylic acids is 2. The van der Waals surface area contributed by atoms with Gasteiger partial charge in [0.15, 0.2) is 11.5 Å². The minimum absolute atomic E-state index is 0.0435. The average Bonchev–Trinajstić information content (AvgIpc) is 3.18. The zero-order valence-electron chi connectivity index (χ0n) is 21.0. The van der Waals surface area contributed by atoms with Gasteiger partial charge < -0.3 is 8.92 Å². The summed E-state index contributed by atoms with van der Waals surface area (Å²) in [6, 6.07) is 22.3. The minimum atomic E-state index is -4.19. The monoisotopic (exact) mass is 657 g/mol. The lowest BCUT2D eigenvalue weighted by Gasteiger charge is -2.15. The highest BCUT2D eigenvalue weighted by molar-refractivity contribution is 9.10. The van der Waals surface area contributed by atoms with Gasteiger partial charge in [-0.3, -0.25) is 14.5 Å². The van der Waals surface area contributed by atoms with Crippen LogP contribution in [0.1, 0.15) is 18.1 Å². The Hall–Kier alpha value is -3.31. The molecule has 0 spiro atoms. The molecule has 1 saturated heterocycles. The Balaban J connectivity index is 1.43. The van der Waals surface area contributed by atoms with Crippen molar-refractivity contribution in [1.82, 2.24) is 4.90 Å². The Morgan fingerprint density at radius 1 is 1.00 bits per heavy atom. The van der Waals surface area contributed by atoms with Crippen molar-refractivity contribution in [3.63, 3.8) is 0 Å². The molecule has 204 valence electrons. The van der Waals surface area contributed by atoms with Crippen LogP contribution in [0, 0.1) is 0 Å².